The molecule has 6 heteroatoms. The second-order valence-electron chi connectivity index (χ2n) is 7.37. The number of amides is 2. The minimum Gasteiger partial charge on any atom is -0.340 e. The van der Waals surface area contributed by atoms with Crippen LogP contribution in [-0.2, 0) is 9.59 Å². The van der Waals surface area contributed by atoms with Crippen LogP contribution in [0.15, 0.2) is 24.3 Å². The summed E-state index contributed by atoms with van der Waals surface area (Å²) in [4.78, 5) is 37.0. The highest BCUT2D eigenvalue weighted by atomic mass is 16.2. The van der Waals surface area contributed by atoms with Gasteiger partial charge in [-0.1, -0.05) is 12.1 Å². The molecule has 0 unspecified atom stereocenters. The van der Waals surface area contributed by atoms with Crippen LogP contribution in [0.3, 0.4) is 0 Å². The molecule has 0 aliphatic carbocycles. The summed E-state index contributed by atoms with van der Waals surface area (Å²) in [6, 6.07) is 8.07. The molecule has 25 heavy (non-hydrogen) atoms. The molecule has 2 aliphatic heterocycles. The summed E-state index contributed by atoms with van der Waals surface area (Å²) in [6.45, 7) is 5.28. The standard InChI is InChI=1S/C19H24N4O2/c1-12(2)23-11-13(10-17(23)24)19(25)22-9-5-8-16(22)18-20-14-6-3-4-7-15(14)21-18/h3-4,6-7,12-13,16H,5,8-11H2,1-2H3,(H,20,21)/t13-,16+/m0/s1. The third-order valence-corrected chi connectivity index (χ3v) is 5.39. The van der Waals surface area contributed by atoms with E-state index in [1.54, 1.807) is 0 Å². The van der Waals surface area contributed by atoms with Gasteiger partial charge in [0.05, 0.1) is 23.0 Å². The summed E-state index contributed by atoms with van der Waals surface area (Å²) in [5, 5.41) is 0. The van der Waals surface area contributed by atoms with E-state index in [2.05, 4.69) is 9.97 Å². The summed E-state index contributed by atoms with van der Waals surface area (Å²) in [5.74, 6) is 0.823. The van der Waals surface area contributed by atoms with E-state index in [-0.39, 0.29) is 29.8 Å². The quantitative estimate of drug-likeness (QED) is 0.933. The zero-order chi connectivity index (χ0) is 17.6. The normalized spacial score (nSPS) is 24.0. The Morgan fingerprint density at radius 3 is 2.84 bits per heavy atom. The van der Waals surface area contributed by atoms with Crippen molar-refractivity contribution in [2.24, 2.45) is 5.92 Å². The summed E-state index contributed by atoms with van der Waals surface area (Å²) in [5.41, 5.74) is 1.93. The highest BCUT2D eigenvalue weighted by Gasteiger charge is 2.41. The molecule has 2 fully saturated rings. The third kappa shape index (κ3) is 2.79. The van der Waals surface area contributed by atoms with Gasteiger partial charge in [-0.25, -0.2) is 4.98 Å². The van der Waals surface area contributed by atoms with Crippen molar-refractivity contribution in [2.75, 3.05) is 13.1 Å². The van der Waals surface area contributed by atoms with Crippen molar-refractivity contribution in [1.82, 2.24) is 19.8 Å². The molecule has 1 N–H and O–H groups in total. The van der Waals surface area contributed by atoms with Crippen LogP contribution >= 0.6 is 0 Å². The third-order valence-electron chi connectivity index (χ3n) is 5.39. The summed E-state index contributed by atoms with van der Waals surface area (Å²) >= 11 is 0. The number of nitrogens with one attached hydrogen (secondary N) is 1. The van der Waals surface area contributed by atoms with E-state index in [9.17, 15) is 9.59 Å². The second-order valence-corrected chi connectivity index (χ2v) is 7.37. The maximum absolute atomic E-state index is 13.1. The lowest BCUT2D eigenvalue weighted by atomic mass is 10.1. The number of hydrogen-bond donors (Lipinski definition) is 1. The molecule has 2 aliphatic rings. The number of aromatic nitrogens is 2. The van der Waals surface area contributed by atoms with Crippen LogP contribution < -0.4 is 0 Å². The summed E-state index contributed by atoms with van der Waals surface area (Å²) < 4.78 is 0. The molecule has 132 valence electrons. The van der Waals surface area contributed by atoms with Gasteiger partial charge in [-0.05, 0) is 38.8 Å². The molecule has 2 aromatic rings. The Kier molecular flexibility index (Phi) is 3.98. The van der Waals surface area contributed by atoms with Gasteiger partial charge in [0.2, 0.25) is 11.8 Å². The number of carbonyl (C=O) groups excluding carboxylic acids is 2. The topological polar surface area (TPSA) is 69.3 Å². The second kappa shape index (κ2) is 6.17. The van der Waals surface area contributed by atoms with E-state index in [1.165, 1.54) is 0 Å². The average molecular weight is 340 g/mol. The number of likely N-dealkylation sites (tertiary alicyclic amines) is 2. The van der Waals surface area contributed by atoms with Crippen LogP contribution in [0, 0.1) is 5.92 Å². The number of imidazole rings is 1. The molecule has 0 spiro atoms. The van der Waals surface area contributed by atoms with Gasteiger partial charge in [0.1, 0.15) is 5.82 Å². The fraction of sp³-hybridized carbons (Fsp3) is 0.526. The first-order valence-corrected chi connectivity index (χ1v) is 9.09. The van der Waals surface area contributed by atoms with Crippen molar-refractivity contribution < 1.29 is 9.59 Å². The van der Waals surface area contributed by atoms with Crippen LogP contribution in [-0.4, -0.2) is 50.7 Å². The maximum atomic E-state index is 13.1. The number of hydrogen-bond acceptors (Lipinski definition) is 3. The number of nitrogens with zero attached hydrogens (tertiary/aromatic N) is 3. The number of para-hydroxylation sites is 2. The maximum Gasteiger partial charge on any atom is 0.228 e. The zero-order valence-electron chi connectivity index (χ0n) is 14.7. The number of fused-ring (bicyclic) bond motifs is 1. The summed E-state index contributed by atoms with van der Waals surface area (Å²) in [7, 11) is 0. The molecule has 4 rings (SSSR count). The van der Waals surface area contributed by atoms with Gasteiger partial charge >= 0.3 is 0 Å². The van der Waals surface area contributed by atoms with Crippen LogP contribution in [0.25, 0.3) is 11.0 Å². The molecule has 2 atom stereocenters. The largest absolute Gasteiger partial charge is 0.340 e. The Morgan fingerprint density at radius 2 is 2.12 bits per heavy atom. The van der Waals surface area contributed by atoms with E-state index in [1.807, 2.05) is 47.9 Å². The Morgan fingerprint density at radius 1 is 1.32 bits per heavy atom. The lowest BCUT2D eigenvalue weighted by molar-refractivity contribution is -0.136. The first-order valence-electron chi connectivity index (χ1n) is 9.09. The highest BCUT2D eigenvalue weighted by molar-refractivity contribution is 5.89. The molecule has 0 radical (unpaired) electrons. The van der Waals surface area contributed by atoms with Crippen molar-refractivity contribution in [3.8, 4) is 0 Å². The van der Waals surface area contributed by atoms with E-state index < -0.39 is 0 Å². The molecule has 3 heterocycles. The van der Waals surface area contributed by atoms with Crippen molar-refractivity contribution in [1.29, 1.82) is 0 Å². The number of carbonyl (C=O) groups is 2. The molecule has 0 bridgehead atoms. The van der Waals surface area contributed by atoms with Crippen LogP contribution in [0.5, 0.6) is 0 Å². The molecule has 1 aromatic heterocycles. The molecular formula is C19H24N4O2. The van der Waals surface area contributed by atoms with E-state index in [0.29, 0.717) is 13.0 Å². The van der Waals surface area contributed by atoms with Crippen LogP contribution in [0.4, 0.5) is 0 Å². The number of aromatic amines is 1. The fourth-order valence-corrected chi connectivity index (χ4v) is 4.08. The van der Waals surface area contributed by atoms with Gasteiger partial charge in [0.15, 0.2) is 0 Å². The van der Waals surface area contributed by atoms with Gasteiger partial charge in [-0.15, -0.1) is 0 Å². The monoisotopic (exact) mass is 340 g/mol. The molecule has 6 nitrogen and oxygen atoms in total. The van der Waals surface area contributed by atoms with E-state index in [0.717, 1.165) is 36.2 Å². The SMILES string of the molecule is CC(C)N1C[C@@H](C(=O)N2CCC[C@@H]2c2nc3ccccc3[nH]2)CC1=O. The first kappa shape index (κ1) is 16.1. The minimum atomic E-state index is -0.222. The Hall–Kier alpha value is -2.37. The van der Waals surface area contributed by atoms with E-state index in [4.69, 9.17) is 0 Å². The van der Waals surface area contributed by atoms with Gasteiger partial charge in [0, 0.05) is 25.6 Å². The predicted octanol–water partition coefficient (Wildman–Crippen LogP) is 2.48. The van der Waals surface area contributed by atoms with Gasteiger partial charge in [0.25, 0.3) is 0 Å². The Bertz CT molecular complexity index is 780. The fourth-order valence-electron chi connectivity index (χ4n) is 4.08. The van der Waals surface area contributed by atoms with Crippen molar-refractivity contribution in [3.63, 3.8) is 0 Å². The Labute approximate surface area is 147 Å². The van der Waals surface area contributed by atoms with E-state index >= 15 is 0 Å². The van der Waals surface area contributed by atoms with Crippen molar-refractivity contribution >= 4 is 22.8 Å². The Balaban J connectivity index is 1.55. The molecular weight excluding hydrogens is 316 g/mol. The number of rotatable bonds is 3. The zero-order valence-corrected chi connectivity index (χ0v) is 14.7. The van der Waals surface area contributed by atoms with Crippen LogP contribution in [0.2, 0.25) is 0 Å². The predicted molar refractivity (Wildman–Crippen MR) is 94.7 cm³/mol. The molecule has 0 saturated carbocycles. The average Bonchev–Trinajstić information content (AvgIpc) is 3.30. The van der Waals surface area contributed by atoms with Gasteiger partial charge in [-0.3, -0.25) is 9.59 Å². The number of benzene rings is 1. The van der Waals surface area contributed by atoms with Crippen molar-refractivity contribution in [3.05, 3.63) is 30.1 Å². The van der Waals surface area contributed by atoms with Crippen molar-refractivity contribution in [2.45, 2.75) is 45.2 Å². The van der Waals surface area contributed by atoms with Gasteiger partial charge < -0.3 is 14.8 Å². The minimum absolute atomic E-state index is 0.0110. The lowest BCUT2D eigenvalue weighted by Gasteiger charge is -2.26. The molecule has 2 amide bonds. The first-order chi connectivity index (χ1) is 12.0. The highest BCUT2D eigenvalue weighted by Crippen LogP contribution is 2.34. The summed E-state index contributed by atoms with van der Waals surface area (Å²) in [6.07, 6.45) is 2.22. The molecule has 1 aromatic carbocycles. The molecule has 2 saturated heterocycles. The lowest BCUT2D eigenvalue weighted by Crippen LogP contribution is -2.38. The number of H-pyrrole nitrogens is 1. The van der Waals surface area contributed by atoms with Gasteiger partial charge in [-0.2, -0.15) is 0 Å². The van der Waals surface area contributed by atoms with Crippen LogP contribution in [0.1, 0.15) is 45.0 Å². The smallest absolute Gasteiger partial charge is 0.228 e.